The maximum Gasteiger partial charge on any atom is 0.274 e. The molecule has 3 aromatic rings. The van der Waals surface area contributed by atoms with E-state index in [9.17, 15) is 9.90 Å². The molecule has 122 valence electrons. The van der Waals surface area contributed by atoms with Crippen LogP contribution in [0.5, 0.6) is 11.5 Å². The molecule has 0 fully saturated rings. The number of fused-ring (bicyclic) bond motifs is 2. The first-order chi connectivity index (χ1) is 11.6. The molecule has 0 aliphatic carbocycles. The average Bonchev–Trinajstić information content (AvgIpc) is 3.07. The van der Waals surface area contributed by atoms with E-state index in [0.717, 1.165) is 11.1 Å². The molecule has 1 aliphatic heterocycles. The Labute approximate surface area is 137 Å². The summed E-state index contributed by atoms with van der Waals surface area (Å²) in [6.07, 6.45) is -0.870. The molecular weight excluding hydrogens is 308 g/mol. The van der Waals surface area contributed by atoms with Crippen molar-refractivity contribution in [3.63, 3.8) is 0 Å². The summed E-state index contributed by atoms with van der Waals surface area (Å²) in [4.78, 5) is 12.6. The van der Waals surface area contributed by atoms with Crippen LogP contribution in [0.25, 0.3) is 10.8 Å². The molecule has 0 unspecified atom stereocenters. The fourth-order valence-electron chi connectivity index (χ4n) is 2.92. The van der Waals surface area contributed by atoms with Crippen LogP contribution >= 0.6 is 0 Å². The van der Waals surface area contributed by atoms with E-state index in [4.69, 9.17) is 9.47 Å². The Bertz CT molecular complexity index is 980. The summed E-state index contributed by atoms with van der Waals surface area (Å²) in [5, 5.41) is 16.3. The zero-order chi connectivity index (χ0) is 16.7. The van der Waals surface area contributed by atoms with Crippen LogP contribution in [0.4, 0.5) is 0 Å². The van der Waals surface area contributed by atoms with Crippen molar-refractivity contribution in [1.29, 1.82) is 0 Å². The van der Waals surface area contributed by atoms with Crippen LogP contribution in [0.15, 0.2) is 47.3 Å². The molecule has 2 heterocycles. The lowest BCUT2D eigenvalue weighted by atomic mass is 10.1. The Balaban J connectivity index is 1.69. The number of ether oxygens (including phenoxy) is 2. The summed E-state index contributed by atoms with van der Waals surface area (Å²) in [6.45, 7) is 2.11. The number of nitrogens with zero attached hydrogens (tertiary/aromatic N) is 2. The van der Waals surface area contributed by atoms with E-state index in [0.29, 0.717) is 22.4 Å². The predicted molar refractivity (Wildman–Crippen MR) is 88.3 cm³/mol. The van der Waals surface area contributed by atoms with Crippen molar-refractivity contribution in [2.45, 2.75) is 19.6 Å². The van der Waals surface area contributed by atoms with Crippen molar-refractivity contribution < 1.29 is 14.6 Å². The molecular formula is C18H16N2O4. The number of aliphatic hydroxyl groups excluding tert-OH is 1. The van der Waals surface area contributed by atoms with Gasteiger partial charge >= 0.3 is 0 Å². The maximum atomic E-state index is 12.6. The van der Waals surface area contributed by atoms with Crippen LogP contribution < -0.4 is 15.0 Å². The summed E-state index contributed by atoms with van der Waals surface area (Å²) in [5.41, 5.74) is 1.19. The Kier molecular flexibility index (Phi) is 3.46. The fourth-order valence-corrected chi connectivity index (χ4v) is 2.92. The van der Waals surface area contributed by atoms with Gasteiger partial charge in [-0.2, -0.15) is 5.10 Å². The van der Waals surface area contributed by atoms with Gasteiger partial charge in [0.15, 0.2) is 11.5 Å². The number of benzene rings is 2. The molecule has 1 aromatic heterocycles. The van der Waals surface area contributed by atoms with Gasteiger partial charge in [-0.25, -0.2) is 4.68 Å². The minimum Gasteiger partial charge on any atom is -0.454 e. The smallest absolute Gasteiger partial charge is 0.274 e. The van der Waals surface area contributed by atoms with Crippen molar-refractivity contribution in [2.24, 2.45) is 0 Å². The third-order valence-corrected chi connectivity index (χ3v) is 4.18. The summed E-state index contributed by atoms with van der Waals surface area (Å²) < 4.78 is 11.9. The van der Waals surface area contributed by atoms with Gasteiger partial charge < -0.3 is 14.6 Å². The van der Waals surface area contributed by atoms with Gasteiger partial charge in [0.25, 0.3) is 5.56 Å². The largest absolute Gasteiger partial charge is 0.454 e. The molecule has 2 aromatic carbocycles. The van der Waals surface area contributed by atoms with Gasteiger partial charge in [0.2, 0.25) is 6.79 Å². The first kappa shape index (κ1) is 14.7. The van der Waals surface area contributed by atoms with E-state index < -0.39 is 6.10 Å². The SMILES string of the molecule is Cc1nn(C[C@H](O)c2ccc3c(c2)OCO3)c(=O)c2ccccc12. The second kappa shape index (κ2) is 5.65. The van der Waals surface area contributed by atoms with Gasteiger partial charge in [-0.1, -0.05) is 24.3 Å². The molecule has 6 heteroatoms. The first-order valence-corrected chi connectivity index (χ1v) is 7.67. The van der Waals surface area contributed by atoms with Gasteiger partial charge in [-0.05, 0) is 30.7 Å². The highest BCUT2D eigenvalue weighted by molar-refractivity contribution is 5.83. The van der Waals surface area contributed by atoms with Crippen LogP contribution in [0, 0.1) is 6.92 Å². The van der Waals surface area contributed by atoms with E-state index in [1.165, 1.54) is 4.68 Å². The number of hydrogen-bond donors (Lipinski definition) is 1. The lowest BCUT2D eigenvalue weighted by Crippen LogP contribution is -2.26. The van der Waals surface area contributed by atoms with Crippen molar-refractivity contribution >= 4 is 10.8 Å². The van der Waals surface area contributed by atoms with Crippen molar-refractivity contribution in [3.8, 4) is 11.5 Å². The molecule has 0 saturated heterocycles. The highest BCUT2D eigenvalue weighted by atomic mass is 16.7. The molecule has 1 N–H and O–H groups in total. The summed E-state index contributed by atoms with van der Waals surface area (Å²) >= 11 is 0. The number of aryl methyl sites for hydroxylation is 1. The Morgan fingerprint density at radius 2 is 1.92 bits per heavy atom. The van der Waals surface area contributed by atoms with Crippen LogP contribution in [0.2, 0.25) is 0 Å². The summed E-state index contributed by atoms with van der Waals surface area (Å²) in [5.74, 6) is 1.25. The highest BCUT2D eigenvalue weighted by Crippen LogP contribution is 2.34. The second-order valence-electron chi connectivity index (χ2n) is 5.75. The van der Waals surface area contributed by atoms with Crippen molar-refractivity contribution in [2.75, 3.05) is 6.79 Å². The third-order valence-electron chi connectivity index (χ3n) is 4.18. The van der Waals surface area contributed by atoms with Crippen LogP contribution in [-0.2, 0) is 6.54 Å². The Morgan fingerprint density at radius 1 is 1.17 bits per heavy atom. The molecule has 6 nitrogen and oxygen atoms in total. The minimum absolute atomic E-state index is 0.0736. The van der Waals surface area contributed by atoms with E-state index in [1.807, 2.05) is 25.1 Å². The van der Waals surface area contributed by atoms with E-state index in [2.05, 4.69) is 5.10 Å². The summed E-state index contributed by atoms with van der Waals surface area (Å²) in [6, 6.07) is 12.6. The van der Waals surface area contributed by atoms with Gasteiger partial charge in [0, 0.05) is 5.39 Å². The van der Waals surface area contributed by atoms with Gasteiger partial charge in [-0.3, -0.25) is 4.79 Å². The highest BCUT2D eigenvalue weighted by Gasteiger charge is 2.18. The number of aliphatic hydroxyl groups is 1. The molecule has 0 spiro atoms. The monoisotopic (exact) mass is 324 g/mol. The van der Waals surface area contributed by atoms with Crippen LogP contribution in [-0.4, -0.2) is 21.7 Å². The Morgan fingerprint density at radius 3 is 2.75 bits per heavy atom. The molecule has 0 bridgehead atoms. The molecule has 1 atom stereocenters. The number of rotatable bonds is 3. The quantitative estimate of drug-likeness (QED) is 0.799. The second-order valence-corrected chi connectivity index (χ2v) is 5.75. The molecule has 0 radical (unpaired) electrons. The number of hydrogen-bond acceptors (Lipinski definition) is 5. The molecule has 1 aliphatic rings. The normalized spacial score (nSPS) is 14.1. The minimum atomic E-state index is -0.870. The van der Waals surface area contributed by atoms with Crippen molar-refractivity contribution in [3.05, 3.63) is 64.1 Å². The molecule has 4 rings (SSSR count). The fraction of sp³-hybridized carbons (Fsp3) is 0.222. The van der Waals surface area contributed by atoms with Crippen molar-refractivity contribution in [1.82, 2.24) is 9.78 Å². The average molecular weight is 324 g/mol. The summed E-state index contributed by atoms with van der Waals surface area (Å²) in [7, 11) is 0. The van der Waals surface area contributed by atoms with Gasteiger partial charge in [0.1, 0.15) is 0 Å². The number of aromatic nitrogens is 2. The standard InChI is InChI=1S/C18H16N2O4/c1-11-13-4-2-3-5-14(13)18(22)20(19-11)9-15(21)12-6-7-16-17(8-12)24-10-23-16/h2-8,15,21H,9-10H2,1H3/t15-/m0/s1. The van der Waals surface area contributed by atoms with Crippen LogP contribution in [0.1, 0.15) is 17.4 Å². The van der Waals surface area contributed by atoms with E-state index >= 15 is 0 Å². The van der Waals surface area contributed by atoms with Gasteiger partial charge in [0.05, 0.1) is 23.7 Å². The molecule has 0 saturated carbocycles. The molecule has 24 heavy (non-hydrogen) atoms. The lowest BCUT2D eigenvalue weighted by molar-refractivity contribution is 0.148. The topological polar surface area (TPSA) is 73.6 Å². The van der Waals surface area contributed by atoms with E-state index in [1.54, 1.807) is 24.3 Å². The lowest BCUT2D eigenvalue weighted by Gasteiger charge is -2.14. The maximum absolute atomic E-state index is 12.6. The first-order valence-electron chi connectivity index (χ1n) is 7.67. The third kappa shape index (κ3) is 2.41. The zero-order valence-electron chi connectivity index (χ0n) is 13.1. The van der Waals surface area contributed by atoms with Crippen LogP contribution in [0.3, 0.4) is 0 Å². The van der Waals surface area contributed by atoms with Gasteiger partial charge in [-0.15, -0.1) is 0 Å². The zero-order valence-corrected chi connectivity index (χ0v) is 13.1. The Hall–Kier alpha value is -2.86. The predicted octanol–water partition coefficient (Wildman–Crippen LogP) is 2.17. The molecule has 0 amide bonds. The van der Waals surface area contributed by atoms with E-state index in [-0.39, 0.29) is 18.9 Å².